The predicted molar refractivity (Wildman–Crippen MR) is 89.5 cm³/mol. The molecule has 0 saturated carbocycles. The number of carboxylic acids is 1. The van der Waals surface area contributed by atoms with Crippen LogP contribution in [-0.4, -0.2) is 43.7 Å². The summed E-state index contributed by atoms with van der Waals surface area (Å²) >= 11 is 1.10. The van der Waals surface area contributed by atoms with Crippen LogP contribution in [0, 0.1) is 0 Å². The van der Waals surface area contributed by atoms with Crippen molar-refractivity contribution in [1.29, 1.82) is 0 Å². The highest BCUT2D eigenvalue weighted by Crippen LogP contribution is 2.32. The van der Waals surface area contributed by atoms with E-state index < -0.39 is 5.97 Å². The van der Waals surface area contributed by atoms with E-state index in [4.69, 9.17) is 9.84 Å². The zero-order chi connectivity index (χ0) is 16.9. The Bertz CT molecular complexity index is 852. The van der Waals surface area contributed by atoms with Gasteiger partial charge in [-0.1, -0.05) is 23.9 Å². The summed E-state index contributed by atoms with van der Waals surface area (Å²) in [4.78, 5) is 15.0. The molecule has 24 heavy (non-hydrogen) atoms. The van der Waals surface area contributed by atoms with Gasteiger partial charge in [0, 0.05) is 18.0 Å². The summed E-state index contributed by atoms with van der Waals surface area (Å²) in [5, 5.41) is 17.8. The number of nitrogens with zero attached hydrogens (tertiary/aromatic N) is 4. The first-order valence-corrected chi connectivity index (χ1v) is 8.03. The molecule has 3 aromatic rings. The molecule has 0 aliphatic heterocycles. The third kappa shape index (κ3) is 3.23. The van der Waals surface area contributed by atoms with E-state index in [0.29, 0.717) is 16.7 Å². The summed E-state index contributed by atoms with van der Waals surface area (Å²) in [6.45, 7) is 0. The fourth-order valence-corrected chi connectivity index (χ4v) is 2.87. The van der Waals surface area contributed by atoms with Gasteiger partial charge < -0.3 is 9.84 Å². The summed E-state index contributed by atoms with van der Waals surface area (Å²) in [6.07, 6.45) is 3.36. The molecule has 0 aliphatic carbocycles. The molecule has 0 unspecified atom stereocenters. The number of hydrogen-bond acceptors (Lipinski definition) is 6. The smallest absolute Gasteiger partial charge is 0.313 e. The van der Waals surface area contributed by atoms with Crippen LogP contribution in [0.25, 0.3) is 17.1 Å². The molecule has 0 fully saturated rings. The molecule has 8 heteroatoms. The summed E-state index contributed by atoms with van der Waals surface area (Å²) in [6, 6.07) is 11.1. The van der Waals surface area contributed by atoms with Crippen molar-refractivity contribution >= 4 is 17.7 Å². The van der Waals surface area contributed by atoms with Gasteiger partial charge in [-0.2, -0.15) is 0 Å². The molecule has 0 aliphatic rings. The molecule has 0 atom stereocenters. The molecule has 0 spiro atoms. The van der Waals surface area contributed by atoms with Crippen molar-refractivity contribution in [2.45, 2.75) is 5.16 Å². The van der Waals surface area contributed by atoms with Crippen LogP contribution < -0.4 is 4.74 Å². The largest absolute Gasteiger partial charge is 0.495 e. The zero-order valence-electron chi connectivity index (χ0n) is 12.8. The third-order valence-electron chi connectivity index (χ3n) is 3.20. The van der Waals surface area contributed by atoms with Gasteiger partial charge >= 0.3 is 5.97 Å². The van der Waals surface area contributed by atoms with Gasteiger partial charge in [0.1, 0.15) is 5.75 Å². The molecule has 122 valence electrons. The number of carboxylic acid groups (broad SMARTS) is 1. The van der Waals surface area contributed by atoms with Gasteiger partial charge in [-0.25, -0.2) is 0 Å². The first-order valence-electron chi connectivity index (χ1n) is 7.04. The fraction of sp³-hybridized carbons (Fsp3) is 0.125. The maximum absolute atomic E-state index is 10.9. The van der Waals surface area contributed by atoms with Crippen LogP contribution in [-0.2, 0) is 4.79 Å². The number of methoxy groups -OCH3 is 1. The average Bonchev–Trinajstić information content (AvgIpc) is 3.04. The molecule has 3 rings (SSSR count). The van der Waals surface area contributed by atoms with Crippen molar-refractivity contribution in [2.75, 3.05) is 12.9 Å². The Labute approximate surface area is 142 Å². The lowest BCUT2D eigenvalue weighted by Gasteiger charge is -2.13. The molecule has 0 amide bonds. The van der Waals surface area contributed by atoms with Crippen molar-refractivity contribution in [3.8, 4) is 22.8 Å². The first-order chi connectivity index (χ1) is 11.7. The number of aliphatic carboxylic acids is 1. The van der Waals surface area contributed by atoms with Gasteiger partial charge in [-0.15, -0.1) is 10.2 Å². The van der Waals surface area contributed by atoms with Crippen LogP contribution in [0.15, 0.2) is 53.9 Å². The summed E-state index contributed by atoms with van der Waals surface area (Å²) in [5.41, 5.74) is 1.51. The monoisotopic (exact) mass is 342 g/mol. The topological polar surface area (TPSA) is 90.1 Å². The number of ether oxygens (including phenoxy) is 1. The number of carbonyl (C=O) groups is 1. The second-order valence-corrected chi connectivity index (χ2v) is 5.68. The lowest BCUT2D eigenvalue weighted by Crippen LogP contribution is -2.04. The van der Waals surface area contributed by atoms with Gasteiger partial charge in [-0.05, 0) is 24.3 Å². The number of para-hydroxylation sites is 2. The molecule has 1 aromatic carbocycles. The lowest BCUT2D eigenvalue weighted by molar-refractivity contribution is -0.133. The number of benzene rings is 1. The number of pyridine rings is 1. The Morgan fingerprint density at radius 2 is 2.08 bits per heavy atom. The Balaban J connectivity index is 2.16. The van der Waals surface area contributed by atoms with Crippen LogP contribution in [0.4, 0.5) is 0 Å². The highest BCUT2D eigenvalue weighted by molar-refractivity contribution is 7.99. The van der Waals surface area contributed by atoms with Gasteiger partial charge in [0.2, 0.25) is 0 Å². The Hall–Kier alpha value is -2.87. The summed E-state index contributed by atoms with van der Waals surface area (Å²) in [7, 11) is 1.58. The molecule has 7 nitrogen and oxygen atoms in total. The highest BCUT2D eigenvalue weighted by atomic mass is 32.2. The first kappa shape index (κ1) is 16.0. The quantitative estimate of drug-likeness (QED) is 0.688. The molecule has 1 N–H and O–H groups in total. The second-order valence-electron chi connectivity index (χ2n) is 4.74. The zero-order valence-corrected chi connectivity index (χ0v) is 13.6. The Morgan fingerprint density at radius 3 is 2.79 bits per heavy atom. The second kappa shape index (κ2) is 7.14. The third-order valence-corrected chi connectivity index (χ3v) is 4.12. The van der Waals surface area contributed by atoms with Crippen LogP contribution in [0.2, 0.25) is 0 Å². The minimum Gasteiger partial charge on any atom is -0.495 e. The van der Waals surface area contributed by atoms with E-state index in [-0.39, 0.29) is 5.75 Å². The van der Waals surface area contributed by atoms with Gasteiger partial charge in [0.15, 0.2) is 11.0 Å². The van der Waals surface area contributed by atoms with E-state index in [1.165, 1.54) is 0 Å². The minimum atomic E-state index is -0.919. The summed E-state index contributed by atoms with van der Waals surface area (Å²) < 4.78 is 7.20. The standard InChI is InChI=1S/C16H14N4O3S/c1-23-13-7-3-2-6-12(13)20-15(11-5-4-8-17-9-11)18-19-16(20)24-10-14(21)22/h2-9H,10H2,1H3,(H,21,22). The van der Waals surface area contributed by atoms with Crippen LogP contribution in [0.1, 0.15) is 0 Å². The average molecular weight is 342 g/mol. The maximum atomic E-state index is 10.9. The molecular formula is C16H14N4O3S. The highest BCUT2D eigenvalue weighted by Gasteiger charge is 2.19. The molecule has 2 aromatic heterocycles. The van der Waals surface area contributed by atoms with E-state index in [2.05, 4.69) is 15.2 Å². The van der Waals surface area contributed by atoms with Crippen molar-refractivity contribution in [3.05, 3.63) is 48.8 Å². The molecule has 0 saturated heterocycles. The van der Waals surface area contributed by atoms with Gasteiger partial charge in [-0.3, -0.25) is 14.3 Å². The van der Waals surface area contributed by atoms with Gasteiger partial charge in [0.25, 0.3) is 0 Å². The predicted octanol–water partition coefficient (Wildman–Crippen LogP) is 2.51. The number of thioether (sulfide) groups is 1. The van der Waals surface area contributed by atoms with Crippen LogP contribution in [0.3, 0.4) is 0 Å². The SMILES string of the molecule is COc1ccccc1-n1c(SCC(=O)O)nnc1-c1cccnc1. The lowest BCUT2D eigenvalue weighted by atomic mass is 10.2. The van der Waals surface area contributed by atoms with Crippen molar-refractivity contribution < 1.29 is 14.6 Å². The van der Waals surface area contributed by atoms with Crippen molar-refractivity contribution in [1.82, 2.24) is 19.7 Å². The van der Waals surface area contributed by atoms with E-state index in [9.17, 15) is 4.79 Å². The molecule has 2 heterocycles. The molecule has 0 radical (unpaired) electrons. The molecular weight excluding hydrogens is 328 g/mol. The van der Waals surface area contributed by atoms with Crippen molar-refractivity contribution in [2.24, 2.45) is 0 Å². The van der Waals surface area contributed by atoms with E-state index in [1.807, 2.05) is 30.3 Å². The summed E-state index contributed by atoms with van der Waals surface area (Å²) in [5.74, 6) is 0.179. The molecule has 0 bridgehead atoms. The minimum absolute atomic E-state index is 0.111. The number of hydrogen-bond donors (Lipinski definition) is 1. The van der Waals surface area contributed by atoms with Crippen molar-refractivity contribution in [3.63, 3.8) is 0 Å². The van der Waals surface area contributed by atoms with E-state index >= 15 is 0 Å². The van der Waals surface area contributed by atoms with Crippen LogP contribution in [0.5, 0.6) is 5.75 Å². The van der Waals surface area contributed by atoms with Gasteiger partial charge in [0.05, 0.1) is 18.6 Å². The van der Waals surface area contributed by atoms with Crippen LogP contribution >= 0.6 is 11.8 Å². The Kier molecular flexibility index (Phi) is 4.76. The van der Waals surface area contributed by atoms with E-state index in [0.717, 1.165) is 23.0 Å². The normalized spacial score (nSPS) is 10.5. The fourth-order valence-electron chi connectivity index (χ4n) is 2.20. The maximum Gasteiger partial charge on any atom is 0.313 e. The number of rotatable bonds is 6. The number of aromatic nitrogens is 4. The Morgan fingerprint density at radius 1 is 1.25 bits per heavy atom. The van der Waals surface area contributed by atoms with E-state index in [1.54, 1.807) is 30.1 Å².